The molecule has 7 nitrogen and oxygen atoms in total. The van der Waals surface area contributed by atoms with Crippen LogP contribution in [-0.4, -0.2) is 46.3 Å². The molecule has 1 unspecified atom stereocenters. The molecular formula is C12H19N5O2. The zero-order valence-electron chi connectivity index (χ0n) is 11.4. The molecule has 1 atom stereocenters. The van der Waals surface area contributed by atoms with Gasteiger partial charge in [0.25, 0.3) is 0 Å². The predicted octanol–water partition coefficient (Wildman–Crippen LogP) is 0.104. The van der Waals surface area contributed by atoms with Crippen molar-refractivity contribution < 1.29 is 9.59 Å². The van der Waals surface area contributed by atoms with E-state index < -0.39 is 6.04 Å². The molecule has 0 saturated carbocycles. The Kier molecular flexibility index (Phi) is 3.73. The lowest BCUT2D eigenvalue weighted by Crippen LogP contribution is -2.42. The number of nitrogens with one attached hydrogen (secondary N) is 2. The fourth-order valence-corrected chi connectivity index (χ4v) is 1.87. The number of likely N-dealkylation sites (N-methyl/N-ethyl adjacent to an activating group) is 1. The summed E-state index contributed by atoms with van der Waals surface area (Å²) in [4.78, 5) is 24.6. The number of nitrogens with zero attached hydrogens (tertiary/aromatic N) is 3. The molecule has 19 heavy (non-hydrogen) atoms. The van der Waals surface area contributed by atoms with Crippen molar-refractivity contribution in [2.24, 2.45) is 0 Å². The van der Waals surface area contributed by atoms with E-state index in [-0.39, 0.29) is 11.9 Å². The van der Waals surface area contributed by atoms with Crippen molar-refractivity contribution in [2.45, 2.75) is 32.5 Å². The fraction of sp³-hybridized carbons (Fsp3) is 0.583. The Balaban J connectivity index is 1.85. The van der Waals surface area contributed by atoms with Gasteiger partial charge < -0.3 is 15.5 Å². The molecule has 0 aromatic carbocycles. The first-order chi connectivity index (χ1) is 8.97. The molecule has 1 aromatic rings. The first-order valence-electron chi connectivity index (χ1n) is 6.30. The maximum absolute atomic E-state index is 11.9. The molecule has 2 rings (SSSR count). The van der Waals surface area contributed by atoms with Crippen LogP contribution in [0.4, 0.5) is 4.79 Å². The second-order valence-electron chi connectivity index (χ2n) is 4.98. The first kappa shape index (κ1) is 13.4. The van der Waals surface area contributed by atoms with E-state index in [0.29, 0.717) is 19.1 Å². The van der Waals surface area contributed by atoms with Crippen LogP contribution in [0.25, 0.3) is 0 Å². The van der Waals surface area contributed by atoms with Crippen molar-refractivity contribution in [3.63, 3.8) is 0 Å². The van der Waals surface area contributed by atoms with E-state index in [1.807, 2.05) is 30.8 Å². The summed E-state index contributed by atoms with van der Waals surface area (Å²) in [5.74, 6) is -0.184. The first-order valence-corrected chi connectivity index (χ1v) is 6.30. The van der Waals surface area contributed by atoms with Crippen molar-refractivity contribution in [1.82, 2.24) is 25.3 Å². The Labute approximate surface area is 111 Å². The second-order valence-corrected chi connectivity index (χ2v) is 4.98. The van der Waals surface area contributed by atoms with Crippen molar-refractivity contribution in [3.05, 3.63) is 18.0 Å². The lowest BCUT2D eigenvalue weighted by atomic mass is 10.3. The van der Waals surface area contributed by atoms with Crippen LogP contribution >= 0.6 is 0 Å². The molecule has 0 radical (unpaired) electrons. The van der Waals surface area contributed by atoms with E-state index in [9.17, 15) is 9.59 Å². The Hall–Kier alpha value is -2.05. The predicted molar refractivity (Wildman–Crippen MR) is 69.4 cm³/mol. The normalized spacial score (nSPS) is 18.8. The van der Waals surface area contributed by atoms with Gasteiger partial charge in [-0.2, -0.15) is 5.10 Å². The van der Waals surface area contributed by atoms with Crippen molar-refractivity contribution in [3.8, 4) is 0 Å². The maximum atomic E-state index is 11.9. The molecule has 2 N–H and O–H groups in total. The van der Waals surface area contributed by atoms with Gasteiger partial charge in [-0.15, -0.1) is 0 Å². The molecule has 0 spiro atoms. The number of aromatic nitrogens is 2. The average molecular weight is 265 g/mol. The Morgan fingerprint density at radius 2 is 2.37 bits per heavy atom. The van der Waals surface area contributed by atoms with Crippen molar-refractivity contribution >= 4 is 11.9 Å². The summed E-state index contributed by atoms with van der Waals surface area (Å²) >= 11 is 0. The van der Waals surface area contributed by atoms with Crippen LogP contribution in [0.15, 0.2) is 12.3 Å². The Morgan fingerprint density at radius 3 is 2.89 bits per heavy atom. The molecule has 3 amide bonds. The summed E-state index contributed by atoms with van der Waals surface area (Å²) in [7, 11) is 1.66. The highest BCUT2D eigenvalue weighted by atomic mass is 16.2. The van der Waals surface area contributed by atoms with E-state index in [4.69, 9.17) is 0 Å². The zero-order valence-corrected chi connectivity index (χ0v) is 11.4. The van der Waals surface area contributed by atoms with Crippen molar-refractivity contribution in [1.29, 1.82) is 0 Å². The minimum absolute atomic E-state index is 0.184. The van der Waals surface area contributed by atoms with Gasteiger partial charge in [0.2, 0.25) is 5.91 Å². The molecule has 1 aromatic heterocycles. The Morgan fingerprint density at radius 1 is 1.63 bits per heavy atom. The van der Waals surface area contributed by atoms with E-state index in [2.05, 4.69) is 15.7 Å². The molecule has 0 bridgehead atoms. The highest BCUT2D eigenvalue weighted by Crippen LogP contribution is 2.05. The van der Waals surface area contributed by atoms with Gasteiger partial charge in [-0.1, -0.05) is 0 Å². The molecule has 104 valence electrons. The van der Waals surface area contributed by atoms with Crippen molar-refractivity contribution in [2.75, 3.05) is 13.6 Å². The standard InChI is InChI=1S/C12H19N5O2/c1-8(2)17-5-4-9(15-17)6-13-11(18)10-7-16(3)12(19)14-10/h4-5,8,10H,6-7H2,1-3H3,(H,13,18)(H,14,19). The molecule has 7 heteroatoms. The van der Waals surface area contributed by atoms with Gasteiger partial charge in [0.05, 0.1) is 18.8 Å². The topological polar surface area (TPSA) is 79.3 Å². The summed E-state index contributed by atoms with van der Waals surface area (Å²) in [5.41, 5.74) is 0.805. The van der Waals surface area contributed by atoms with Crippen LogP contribution in [0.2, 0.25) is 0 Å². The fourth-order valence-electron chi connectivity index (χ4n) is 1.87. The zero-order chi connectivity index (χ0) is 14.0. The van der Waals surface area contributed by atoms with E-state index in [1.54, 1.807) is 7.05 Å². The van der Waals surface area contributed by atoms with Crippen LogP contribution in [0.1, 0.15) is 25.6 Å². The average Bonchev–Trinajstić information content (AvgIpc) is 2.94. The molecule has 1 aliphatic heterocycles. The van der Waals surface area contributed by atoms with Gasteiger partial charge in [-0.05, 0) is 19.9 Å². The van der Waals surface area contributed by atoms with Gasteiger partial charge in [0, 0.05) is 19.3 Å². The van der Waals surface area contributed by atoms with Gasteiger partial charge in [-0.3, -0.25) is 9.48 Å². The third-order valence-corrected chi connectivity index (χ3v) is 3.05. The van der Waals surface area contributed by atoms with Crippen LogP contribution in [-0.2, 0) is 11.3 Å². The third-order valence-electron chi connectivity index (χ3n) is 3.05. The minimum Gasteiger partial charge on any atom is -0.349 e. The third kappa shape index (κ3) is 3.04. The molecule has 1 aliphatic rings. The highest BCUT2D eigenvalue weighted by molar-refractivity contribution is 5.90. The quantitative estimate of drug-likeness (QED) is 0.810. The summed E-state index contributed by atoms with van der Waals surface area (Å²) in [6.07, 6.45) is 1.89. The van der Waals surface area contributed by atoms with Crippen LogP contribution in [0.5, 0.6) is 0 Å². The SMILES string of the molecule is CC(C)n1ccc(CNC(=O)C2CN(C)C(=O)N2)n1. The monoisotopic (exact) mass is 265 g/mol. The Bertz CT molecular complexity index is 482. The van der Waals surface area contributed by atoms with E-state index in [0.717, 1.165) is 5.69 Å². The van der Waals surface area contributed by atoms with Crippen LogP contribution < -0.4 is 10.6 Å². The van der Waals surface area contributed by atoms with E-state index in [1.165, 1.54) is 4.90 Å². The largest absolute Gasteiger partial charge is 0.349 e. The number of amides is 3. The number of hydrogen-bond acceptors (Lipinski definition) is 3. The number of rotatable bonds is 4. The molecule has 1 fully saturated rings. The summed E-state index contributed by atoms with van der Waals surface area (Å²) < 4.78 is 1.84. The number of urea groups is 1. The molecular weight excluding hydrogens is 246 g/mol. The minimum atomic E-state index is -0.482. The lowest BCUT2D eigenvalue weighted by Gasteiger charge is -2.09. The van der Waals surface area contributed by atoms with Gasteiger partial charge in [0.1, 0.15) is 6.04 Å². The van der Waals surface area contributed by atoms with Crippen LogP contribution in [0.3, 0.4) is 0 Å². The number of carbonyl (C=O) groups is 2. The highest BCUT2D eigenvalue weighted by Gasteiger charge is 2.30. The van der Waals surface area contributed by atoms with E-state index >= 15 is 0 Å². The number of carbonyl (C=O) groups excluding carboxylic acids is 2. The molecule has 1 saturated heterocycles. The smallest absolute Gasteiger partial charge is 0.317 e. The summed E-state index contributed by atoms with van der Waals surface area (Å²) in [6, 6.07) is 1.47. The summed E-state index contributed by atoms with van der Waals surface area (Å²) in [5, 5.41) is 9.73. The summed E-state index contributed by atoms with van der Waals surface area (Å²) in [6.45, 7) is 4.85. The molecule has 0 aliphatic carbocycles. The van der Waals surface area contributed by atoms with Gasteiger partial charge >= 0.3 is 6.03 Å². The molecule has 2 heterocycles. The number of hydrogen-bond donors (Lipinski definition) is 2. The maximum Gasteiger partial charge on any atom is 0.317 e. The van der Waals surface area contributed by atoms with Gasteiger partial charge in [0.15, 0.2) is 0 Å². The second kappa shape index (κ2) is 5.29. The van der Waals surface area contributed by atoms with Crippen LogP contribution in [0, 0.1) is 0 Å². The lowest BCUT2D eigenvalue weighted by molar-refractivity contribution is -0.122. The van der Waals surface area contributed by atoms with Gasteiger partial charge in [-0.25, -0.2) is 4.79 Å².